The van der Waals surface area contributed by atoms with Crippen molar-refractivity contribution in [2.24, 2.45) is 5.92 Å². The molecule has 17 heteroatoms. The minimum Gasteiger partial charge on any atom is -0.457 e. The number of aliphatic hydroxyl groups is 2. The Morgan fingerprint density at radius 2 is 1.82 bits per heavy atom. The number of hydrogen-bond donors (Lipinski definition) is 4. The second-order valence-corrected chi connectivity index (χ2v) is 12.0. The molecule has 40 heavy (non-hydrogen) atoms. The van der Waals surface area contributed by atoms with Gasteiger partial charge in [-0.15, -0.1) is 0 Å². The van der Waals surface area contributed by atoms with E-state index in [-0.39, 0.29) is 18.4 Å². The van der Waals surface area contributed by atoms with Crippen LogP contribution in [0, 0.1) is 12.8 Å². The molecule has 0 aliphatic carbocycles. The van der Waals surface area contributed by atoms with E-state index in [0.29, 0.717) is 0 Å². The first kappa shape index (κ1) is 29.6. The number of nitrogens with one attached hydrogen (secondary N) is 2. The van der Waals surface area contributed by atoms with Gasteiger partial charge in [-0.1, -0.05) is 0 Å². The maximum absolute atomic E-state index is 13.2. The number of hydrogen-bond acceptors (Lipinski definition) is 12. The van der Waals surface area contributed by atoms with Crippen molar-refractivity contribution in [2.75, 3.05) is 18.1 Å². The molecule has 0 spiro atoms. The van der Waals surface area contributed by atoms with Crippen LogP contribution in [0.5, 0.6) is 0 Å². The molecule has 0 aromatic carbocycles. The van der Waals surface area contributed by atoms with E-state index in [1.807, 2.05) is 4.98 Å². The Morgan fingerprint density at radius 1 is 1.12 bits per heavy atom. The quantitative estimate of drug-likeness (QED) is 0.220. The second kappa shape index (κ2) is 11.6. The topological polar surface area (TPSA) is 229 Å². The van der Waals surface area contributed by atoms with Crippen LogP contribution < -0.4 is 22.5 Å². The van der Waals surface area contributed by atoms with Crippen molar-refractivity contribution >= 4 is 15.8 Å². The van der Waals surface area contributed by atoms with Gasteiger partial charge in [-0.05, 0) is 13.3 Å². The molecule has 2 fully saturated rings. The standard InChI is InChI=1S/C23H30N4O12S/c1-11-8-27(23(34)25-20(11)32)18-7-14(30)15(38-18)4-6-40(35,36)10-13-16(9-28)39-21(19(13)37-12(2)29)26-5-3-17(31)24-22(26)33/h3,5,8,13-16,18-19,21,28,30H,4,6-7,9-10H2,1-2H3,(H,24,31,33)(H,25,32,34)/t13-,14+,15-,16-,18-,19-,21-/m1/s1. The van der Waals surface area contributed by atoms with Gasteiger partial charge in [-0.2, -0.15) is 0 Å². The lowest BCUT2D eigenvalue weighted by molar-refractivity contribution is -0.153. The van der Waals surface area contributed by atoms with Gasteiger partial charge >= 0.3 is 17.3 Å². The van der Waals surface area contributed by atoms with E-state index >= 15 is 0 Å². The lowest BCUT2D eigenvalue weighted by Crippen LogP contribution is -2.40. The Balaban J connectivity index is 1.49. The molecular weight excluding hydrogens is 556 g/mol. The molecule has 2 aliphatic heterocycles. The number of esters is 1. The molecule has 7 atom stereocenters. The molecule has 0 amide bonds. The number of ether oxygens (including phenoxy) is 3. The molecule has 2 aliphatic rings. The van der Waals surface area contributed by atoms with Crippen LogP contribution in [0.4, 0.5) is 0 Å². The largest absolute Gasteiger partial charge is 0.457 e. The molecule has 0 unspecified atom stereocenters. The zero-order valence-electron chi connectivity index (χ0n) is 21.6. The molecule has 16 nitrogen and oxygen atoms in total. The summed E-state index contributed by atoms with van der Waals surface area (Å²) in [5.41, 5.74) is -2.59. The Kier molecular flexibility index (Phi) is 8.60. The van der Waals surface area contributed by atoms with Crippen molar-refractivity contribution < 1.29 is 37.6 Å². The maximum atomic E-state index is 13.2. The molecule has 4 rings (SSSR count). The Bertz CT molecular complexity index is 1590. The zero-order valence-corrected chi connectivity index (χ0v) is 22.4. The number of nitrogens with zero attached hydrogens (tertiary/aromatic N) is 2. The summed E-state index contributed by atoms with van der Waals surface area (Å²) in [6, 6.07) is 1.04. The van der Waals surface area contributed by atoms with E-state index in [9.17, 15) is 42.6 Å². The van der Waals surface area contributed by atoms with Crippen molar-refractivity contribution in [3.63, 3.8) is 0 Å². The van der Waals surface area contributed by atoms with Gasteiger partial charge in [0.25, 0.3) is 11.1 Å². The maximum Gasteiger partial charge on any atom is 0.330 e. The first-order valence-electron chi connectivity index (χ1n) is 12.4. The summed E-state index contributed by atoms with van der Waals surface area (Å²) in [7, 11) is -3.95. The van der Waals surface area contributed by atoms with Crippen LogP contribution in [0.25, 0.3) is 0 Å². The van der Waals surface area contributed by atoms with Crippen molar-refractivity contribution in [1.82, 2.24) is 19.1 Å². The lowest BCUT2D eigenvalue weighted by atomic mass is 10.0. The summed E-state index contributed by atoms with van der Waals surface area (Å²) in [4.78, 5) is 63.7. The van der Waals surface area contributed by atoms with Crippen LogP contribution in [-0.4, -0.2) is 86.2 Å². The fourth-order valence-corrected chi connectivity index (χ4v) is 6.72. The van der Waals surface area contributed by atoms with Crippen molar-refractivity contribution in [3.8, 4) is 0 Å². The Hall–Kier alpha value is -3.38. The number of aromatic amines is 2. The molecule has 2 saturated heterocycles. The third-order valence-electron chi connectivity index (χ3n) is 6.92. The van der Waals surface area contributed by atoms with E-state index < -0.39 is 99.2 Å². The summed E-state index contributed by atoms with van der Waals surface area (Å²) >= 11 is 0. The summed E-state index contributed by atoms with van der Waals surface area (Å²) < 4.78 is 45.2. The van der Waals surface area contributed by atoms with Gasteiger partial charge in [-0.3, -0.25) is 33.5 Å². The van der Waals surface area contributed by atoms with Crippen LogP contribution in [0.15, 0.2) is 37.6 Å². The number of rotatable bonds is 9. The van der Waals surface area contributed by atoms with Gasteiger partial charge < -0.3 is 24.4 Å². The molecule has 0 saturated carbocycles. The molecule has 0 radical (unpaired) electrons. The highest BCUT2D eigenvalue weighted by Gasteiger charge is 2.49. The first-order valence-corrected chi connectivity index (χ1v) is 14.2. The molecule has 4 heterocycles. The van der Waals surface area contributed by atoms with Gasteiger partial charge in [0.1, 0.15) is 6.23 Å². The highest BCUT2D eigenvalue weighted by molar-refractivity contribution is 7.91. The number of sulfone groups is 1. The van der Waals surface area contributed by atoms with Gasteiger partial charge in [0.05, 0.1) is 36.4 Å². The second-order valence-electron chi connectivity index (χ2n) is 9.82. The fraction of sp³-hybridized carbons (Fsp3) is 0.609. The zero-order chi connectivity index (χ0) is 29.4. The number of carbonyl (C=O) groups excluding carboxylic acids is 1. The van der Waals surface area contributed by atoms with Crippen LogP contribution >= 0.6 is 0 Å². The number of aromatic nitrogens is 4. The summed E-state index contributed by atoms with van der Waals surface area (Å²) in [5.74, 6) is -2.92. The fourth-order valence-electron chi connectivity index (χ4n) is 4.97. The highest BCUT2D eigenvalue weighted by atomic mass is 32.2. The Morgan fingerprint density at radius 3 is 2.48 bits per heavy atom. The number of aliphatic hydroxyl groups excluding tert-OH is 2. The summed E-state index contributed by atoms with van der Waals surface area (Å²) in [5, 5.41) is 20.4. The summed E-state index contributed by atoms with van der Waals surface area (Å²) in [6.45, 7) is 1.94. The minimum absolute atomic E-state index is 0.0106. The minimum atomic E-state index is -3.95. The van der Waals surface area contributed by atoms with Crippen LogP contribution in [-0.2, 0) is 28.8 Å². The summed E-state index contributed by atoms with van der Waals surface area (Å²) in [6.07, 6.45) is -4.43. The molecule has 2 aromatic heterocycles. The van der Waals surface area contributed by atoms with E-state index in [1.54, 1.807) is 0 Å². The smallest absolute Gasteiger partial charge is 0.330 e. The van der Waals surface area contributed by atoms with Gasteiger partial charge in [0, 0.05) is 43.3 Å². The Labute approximate surface area is 226 Å². The number of H-pyrrole nitrogens is 2. The van der Waals surface area contributed by atoms with Gasteiger partial charge in [0.2, 0.25) is 0 Å². The first-order chi connectivity index (χ1) is 18.8. The number of aryl methyl sites for hydroxylation is 1. The molecule has 2 aromatic rings. The molecule has 0 bridgehead atoms. The van der Waals surface area contributed by atoms with Crippen LogP contribution in [0.1, 0.15) is 37.8 Å². The lowest BCUT2D eigenvalue weighted by Gasteiger charge is -2.24. The number of carbonyl (C=O) groups is 1. The van der Waals surface area contributed by atoms with Crippen molar-refractivity contribution in [3.05, 3.63) is 65.7 Å². The molecular formula is C23H30N4O12S. The molecule has 220 valence electrons. The van der Waals surface area contributed by atoms with Gasteiger partial charge in [-0.25, -0.2) is 18.0 Å². The third kappa shape index (κ3) is 6.33. The predicted octanol–water partition coefficient (Wildman–Crippen LogP) is -2.71. The van der Waals surface area contributed by atoms with Gasteiger partial charge in [0.15, 0.2) is 22.2 Å². The van der Waals surface area contributed by atoms with E-state index in [4.69, 9.17) is 14.2 Å². The molecule has 4 N–H and O–H groups in total. The van der Waals surface area contributed by atoms with E-state index in [1.165, 1.54) is 13.1 Å². The third-order valence-corrected chi connectivity index (χ3v) is 8.67. The van der Waals surface area contributed by atoms with Crippen molar-refractivity contribution in [2.45, 2.75) is 63.6 Å². The van der Waals surface area contributed by atoms with E-state index in [0.717, 1.165) is 28.3 Å². The average molecular weight is 587 g/mol. The van der Waals surface area contributed by atoms with E-state index in [2.05, 4.69) is 4.98 Å². The SMILES string of the molecule is CC(=O)O[C@@H]1[C@H](CS(=O)(=O)CC[C@H]2O[C@@H](n3cc(C)c(=O)[nH]c3=O)C[C@@H]2O)[C@@H](CO)O[C@H]1n1ccc(=O)[nH]c1=O. The monoisotopic (exact) mass is 586 g/mol. The highest BCUT2D eigenvalue weighted by Crippen LogP contribution is 2.37. The average Bonchev–Trinajstić information content (AvgIpc) is 3.39. The van der Waals surface area contributed by atoms with Crippen molar-refractivity contribution in [1.29, 1.82) is 0 Å². The van der Waals surface area contributed by atoms with Crippen LogP contribution in [0.2, 0.25) is 0 Å². The predicted molar refractivity (Wildman–Crippen MR) is 135 cm³/mol. The normalized spacial score (nSPS) is 28.6. The van der Waals surface area contributed by atoms with Crippen LogP contribution in [0.3, 0.4) is 0 Å².